The van der Waals surface area contributed by atoms with E-state index in [4.69, 9.17) is 10.4 Å². The average Bonchev–Trinajstić information content (AvgIpc) is 3.38. The summed E-state index contributed by atoms with van der Waals surface area (Å²) in [6.07, 6.45) is 2.76. The average molecular weight is 564 g/mol. The molecule has 1 saturated heterocycles. The topological polar surface area (TPSA) is 74.0 Å². The third kappa shape index (κ3) is 5.79. The standard InChI is InChI=1S/C34H31F2N5O/c35-28-7-3-5-23(17-28)21-38-30-12-11-26(19-27(30)20-37)34(42)40-15-13-25(14-16-40)33-39-31-9-1-2-10-32(31)41(33)22-24-6-4-8-29(36)18-24/h1-12,17-20,25,37-38H,13-16,21-22H2. The summed E-state index contributed by atoms with van der Waals surface area (Å²) in [5.41, 5.74) is 5.43. The molecule has 6 nitrogen and oxygen atoms in total. The fourth-order valence-electron chi connectivity index (χ4n) is 5.73. The Hall–Kier alpha value is -4.85. The van der Waals surface area contributed by atoms with Gasteiger partial charge >= 0.3 is 0 Å². The lowest BCUT2D eigenvalue weighted by molar-refractivity contribution is 0.0710. The van der Waals surface area contributed by atoms with Crippen LogP contribution in [0, 0.1) is 17.0 Å². The van der Waals surface area contributed by atoms with Crippen molar-refractivity contribution in [2.45, 2.75) is 31.8 Å². The summed E-state index contributed by atoms with van der Waals surface area (Å²) in [5, 5.41) is 11.1. The Kier molecular flexibility index (Phi) is 7.77. The molecular weight excluding hydrogens is 532 g/mol. The summed E-state index contributed by atoms with van der Waals surface area (Å²) in [6.45, 7) is 2.11. The fraction of sp³-hybridized carbons (Fsp3) is 0.206. The van der Waals surface area contributed by atoms with E-state index in [1.54, 1.807) is 36.4 Å². The van der Waals surface area contributed by atoms with E-state index in [0.29, 0.717) is 43.0 Å². The molecule has 5 aromatic rings. The first-order valence-corrected chi connectivity index (χ1v) is 14.1. The van der Waals surface area contributed by atoms with Gasteiger partial charge in [0.2, 0.25) is 0 Å². The molecule has 2 heterocycles. The number of hydrogen-bond acceptors (Lipinski definition) is 4. The van der Waals surface area contributed by atoms with Crippen molar-refractivity contribution in [1.82, 2.24) is 14.5 Å². The highest BCUT2D eigenvalue weighted by atomic mass is 19.1. The maximum Gasteiger partial charge on any atom is 0.253 e. The van der Waals surface area contributed by atoms with E-state index < -0.39 is 0 Å². The number of para-hydroxylation sites is 2. The summed E-state index contributed by atoms with van der Waals surface area (Å²) in [7, 11) is 0. The van der Waals surface area contributed by atoms with Crippen LogP contribution in [0.25, 0.3) is 11.0 Å². The zero-order chi connectivity index (χ0) is 29.1. The molecule has 6 rings (SSSR count). The lowest BCUT2D eigenvalue weighted by Gasteiger charge is -2.32. The number of hydrogen-bond donors (Lipinski definition) is 2. The SMILES string of the molecule is N=Cc1cc(C(=O)N2CCC(c3nc4ccccc4n3Cc3cccc(F)c3)CC2)ccc1NCc1cccc(F)c1. The van der Waals surface area contributed by atoms with Gasteiger partial charge in [0.15, 0.2) is 0 Å². The maximum absolute atomic E-state index is 13.9. The summed E-state index contributed by atoms with van der Waals surface area (Å²) in [5.74, 6) is 0.511. The quantitative estimate of drug-likeness (QED) is 0.200. The number of nitrogens with one attached hydrogen (secondary N) is 2. The number of anilines is 1. The number of imidazole rings is 1. The minimum atomic E-state index is -0.296. The number of piperidine rings is 1. The van der Waals surface area contributed by atoms with Crippen molar-refractivity contribution in [3.8, 4) is 0 Å². The molecular formula is C34H31F2N5O. The first-order valence-electron chi connectivity index (χ1n) is 14.1. The van der Waals surface area contributed by atoms with E-state index in [1.165, 1.54) is 24.4 Å². The molecule has 0 spiro atoms. The summed E-state index contributed by atoms with van der Waals surface area (Å²) in [6, 6.07) is 26.3. The van der Waals surface area contributed by atoms with Gasteiger partial charge in [-0.05, 0) is 78.6 Å². The van der Waals surface area contributed by atoms with Gasteiger partial charge < -0.3 is 20.2 Å². The predicted octanol–water partition coefficient (Wildman–Crippen LogP) is 6.99. The Balaban J connectivity index is 1.15. The Bertz CT molecular complexity index is 1760. The molecule has 42 heavy (non-hydrogen) atoms. The lowest BCUT2D eigenvalue weighted by Crippen LogP contribution is -2.38. The molecule has 1 aliphatic heterocycles. The van der Waals surface area contributed by atoms with Gasteiger partial charge in [0.05, 0.1) is 11.0 Å². The second-order valence-electron chi connectivity index (χ2n) is 10.7. The molecule has 4 aromatic carbocycles. The predicted molar refractivity (Wildman–Crippen MR) is 161 cm³/mol. The van der Waals surface area contributed by atoms with E-state index in [-0.39, 0.29) is 23.5 Å². The number of amides is 1. The molecule has 0 aliphatic carbocycles. The minimum Gasteiger partial charge on any atom is -0.380 e. The minimum absolute atomic E-state index is 0.0681. The highest BCUT2D eigenvalue weighted by Gasteiger charge is 2.28. The number of aromatic nitrogens is 2. The van der Waals surface area contributed by atoms with Gasteiger partial charge in [-0.3, -0.25) is 4.79 Å². The number of halogens is 2. The smallest absolute Gasteiger partial charge is 0.253 e. The van der Waals surface area contributed by atoms with Crippen molar-refractivity contribution in [1.29, 1.82) is 5.41 Å². The third-order valence-corrected chi connectivity index (χ3v) is 7.89. The van der Waals surface area contributed by atoms with Crippen LogP contribution in [0.2, 0.25) is 0 Å². The van der Waals surface area contributed by atoms with Gasteiger partial charge in [-0.15, -0.1) is 0 Å². The van der Waals surface area contributed by atoms with Crippen LogP contribution >= 0.6 is 0 Å². The maximum atomic E-state index is 13.9. The Morgan fingerprint density at radius 3 is 2.36 bits per heavy atom. The molecule has 0 atom stereocenters. The van der Waals surface area contributed by atoms with Gasteiger partial charge in [-0.1, -0.05) is 36.4 Å². The summed E-state index contributed by atoms with van der Waals surface area (Å²) in [4.78, 5) is 20.3. The Morgan fingerprint density at radius 1 is 0.905 bits per heavy atom. The van der Waals surface area contributed by atoms with Crippen molar-refractivity contribution < 1.29 is 13.6 Å². The van der Waals surface area contributed by atoms with Crippen LogP contribution in [0.15, 0.2) is 91.0 Å². The van der Waals surface area contributed by atoms with Gasteiger partial charge in [0.1, 0.15) is 17.5 Å². The first kappa shape index (κ1) is 27.3. The third-order valence-electron chi connectivity index (χ3n) is 7.89. The molecule has 0 saturated carbocycles. The number of likely N-dealkylation sites (tertiary alicyclic amines) is 1. The highest BCUT2D eigenvalue weighted by Crippen LogP contribution is 2.32. The van der Waals surface area contributed by atoms with Crippen LogP contribution in [0.1, 0.15) is 51.6 Å². The number of rotatable bonds is 8. The molecule has 1 fully saturated rings. The van der Waals surface area contributed by atoms with Crippen molar-refractivity contribution in [2.75, 3.05) is 18.4 Å². The van der Waals surface area contributed by atoms with E-state index in [0.717, 1.165) is 40.8 Å². The highest BCUT2D eigenvalue weighted by molar-refractivity contribution is 5.98. The summed E-state index contributed by atoms with van der Waals surface area (Å²) >= 11 is 0. The zero-order valence-electron chi connectivity index (χ0n) is 23.1. The van der Waals surface area contributed by atoms with Crippen LogP contribution in [0.4, 0.5) is 14.5 Å². The van der Waals surface area contributed by atoms with Gasteiger partial charge in [0.25, 0.3) is 5.91 Å². The monoisotopic (exact) mass is 563 g/mol. The first-order chi connectivity index (χ1) is 20.5. The van der Waals surface area contributed by atoms with E-state index in [1.807, 2.05) is 41.3 Å². The molecule has 1 aromatic heterocycles. The Labute approximate surface area is 243 Å². The molecule has 1 amide bonds. The van der Waals surface area contributed by atoms with Crippen LogP contribution in [0.5, 0.6) is 0 Å². The second-order valence-corrected chi connectivity index (χ2v) is 10.7. The normalized spacial score (nSPS) is 13.8. The molecule has 0 bridgehead atoms. The number of carbonyl (C=O) groups excluding carboxylic acids is 1. The van der Waals surface area contributed by atoms with E-state index in [2.05, 4.69) is 9.88 Å². The van der Waals surface area contributed by atoms with E-state index >= 15 is 0 Å². The lowest BCUT2D eigenvalue weighted by atomic mass is 9.95. The molecule has 0 radical (unpaired) electrons. The van der Waals surface area contributed by atoms with Crippen LogP contribution < -0.4 is 5.32 Å². The molecule has 212 valence electrons. The molecule has 8 heteroatoms. The van der Waals surface area contributed by atoms with Crippen LogP contribution in [0.3, 0.4) is 0 Å². The number of benzene rings is 4. The molecule has 0 unspecified atom stereocenters. The molecule has 1 aliphatic rings. The van der Waals surface area contributed by atoms with Crippen molar-refractivity contribution >= 4 is 28.8 Å². The van der Waals surface area contributed by atoms with Gasteiger partial charge in [-0.2, -0.15) is 0 Å². The van der Waals surface area contributed by atoms with Crippen molar-refractivity contribution in [3.05, 3.63) is 131 Å². The van der Waals surface area contributed by atoms with Crippen molar-refractivity contribution in [2.24, 2.45) is 0 Å². The Morgan fingerprint density at radius 2 is 1.62 bits per heavy atom. The van der Waals surface area contributed by atoms with Crippen LogP contribution in [-0.2, 0) is 13.1 Å². The number of fused-ring (bicyclic) bond motifs is 1. The molecule has 2 N–H and O–H groups in total. The van der Waals surface area contributed by atoms with Crippen LogP contribution in [-0.4, -0.2) is 39.7 Å². The fourth-order valence-corrected chi connectivity index (χ4v) is 5.73. The number of nitrogens with zero attached hydrogens (tertiary/aromatic N) is 3. The van der Waals surface area contributed by atoms with Gasteiger partial charge in [-0.25, -0.2) is 13.8 Å². The van der Waals surface area contributed by atoms with Gasteiger partial charge in [0, 0.05) is 55.1 Å². The largest absolute Gasteiger partial charge is 0.380 e. The number of carbonyl (C=O) groups is 1. The van der Waals surface area contributed by atoms with Crippen molar-refractivity contribution in [3.63, 3.8) is 0 Å². The summed E-state index contributed by atoms with van der Waals surface area (Å²) < 4.78 is 29.6. The second kappa shape index (κ2) is 11.9. The zero-order valence-corrected chi connectivity index (χ0v) is 23.1. The van der Waals surface area contributed by atoms with E-state index in [9.17, 15) is 13.6 Å².